The lowest BCUT2D eigenvalue weighted by molar-refractivity contribution is -0.117. The van der Waals surface area contributed by atoms with Crippen molar-refractivity contribution >= 4 is 34.0 Å². The predicted molar refractivity (Wildman–Crippen MR) is 102 cm³/mol. The maximum atomic E-state index is 12.4. The van der Waals surface area contributed by atoms with Crippen molar-refractivity contribution in [3.8, 4) is 5.75 Å². The molecule has 4 N–H and O–H groups in total. The molecule has 3 rings (SSSR count). The molecule has 0 unspecified atom stereocenters. The Kier molecular flexibility index (Phi) is 6.90. The molecule has 2 fully saturated rings. The summed E-state index contributed by atoms with van der Waals surface area (Å²) < 4.78 is 32.6. The molecule has 26 heavy (non-hydrogen) atoms. The van der Waals surface area contributed by atoms with E-state index in [0.717, 1.165) is 32.1 Å². The average Bonchev–Trinajstić information content (AvgIpc) is 3.28. The van der Waals surface area contributed by atoms with Gasteiger partial charge >= 0.3 is 0 Å². The summed E-state index contributed by atoms with van der Waals surface area (Å²) in [5.41, 5.74) is 6.38. The fourth-order valence-corrected chi connectivity index (χ4v) is 4.53. The molecule has 1 aromatic rings. The van der Waals surface area contributed by atoms with Gasteiger partial charge in [-0.1, -0.05) is 6.42 Å². The third kappa shape index (κ3) is 5.09. The molecule has 146 valence electrons. The topological polar surface area (TPSA) is 111 Å². The Bertz CT molecular complexity index is 752. The first-order chi connectivity index (χ1) is 11.9. The van der Waals surface area contributed by atoms with Gasteiger partial charge < -0.3 is 15.8 Å². The molecule has 9 heteroatoms. The summed E-state index contributed by atoms with van der Waals surface area (Å²) >= 11 is 0. The second-order valence-electron chi connectivity index (χ2n) is 6.86. The molecule has 0 aromatic heterocycles. The van der Waals surface area contributed by atoms with Crippen molar-refractivity contribution in [2.45, 2.75) is 55.5 Å². The SMILES string of the molecule is COc1ccc(S(=O)(=O)NC2CC2)cc1NC(=O)C[C@@H]1CCC[C@H]1N.Cl. The number of carbonyl (C=O) groups excluding carboxylic acids is 1. The smallest absolute Gasteiger partial charge is 0.240 e. The number of amides is 1. The molecule has 0 spiro atoms. The largest absolute Gasteiger partial charge is 0.495 e. The minimum Gasteiger partial charge on any atom is -0.495 e. The fraction of sp³-hybridized carbons (Fsp3) is 0.588. The lowest BCUT2D eigenvalue weighted by atomic mass is 10.00. The van der Waals surface area contributed by atoms with Crippen LogP contribution in [0, 0.1) is 5.92 Å². The predicted octanol–water partition coefficient (Wildman–Crippen LogP) is 2.01. The number of hydrogen-bond acceptors (Lipinski definition) is 5. The van der Waals surface area contributed by atoms with Gasteiger partial charge in [-0.05, 0) is 49.8 Å². The third-order valence-corrected chi connectivity index (χ3v) is 6.34. The van der Waals surface area contributed by atoms with Gasteiger partial charge in [-0.2, -0.15) is 0 Å². The molecule has 7 nitrogen and oxygen atoms in total. The zero-order valence-corrected chi connectivity index (χ0v) is 16.4. The van der Waals surface area contributed by atoms with Crippen molar-refractivity contribution in [2.75, 3.05) is 12.4 Å². The molecular weight excluding hydrogens is 378 g/mol. The highest BCUT2D eigenvalue weighted by Crippen LogP contribution is 2.31. The van der Waals surface area contributed by atoms with Crippen LogP contribution in [0.2, 0.25) is 0 Å². The van der Waals surface area contributed by atoms with Crippen LogP contribution >= 0.6 is 12.4 Å². The molecule has 1 aromatic carbocycles. The quantitative estimate of drug-likeness (QED) is 0.645. The highest BCUT2D eigenvalue weighted by molar-refractivity contribution is 7.89. The first-order valence-corrected chi connectivity index (χ1v) is 10.1. The summed E-state index contributed by atoms with van der Waals surface area (Å²) in [6.45, 7) is 0. The molecule has 0 bridgehead atoms. The van der Waals surface area contributed by atoms with Crippen molar-refractivity contribution < 1.29 is 17.9 Å². The molecular formula is C17H26ClN3O4S. The maximum Gasteiger partial charge on any atom is 0.240 e. The van der Waals surface area contributed by atoms with Gasteiger partial charge in [-0.15, -0.1) is 12.4 Å². The number of methoxy groups -OCH3 is 1. The van der Waals surface area contributed by atoms with Gasteiger partial charge in [0, 0.05) is 18.5 Å². The molecule has 2 aliphatic rings. The van der Waals surface area contributed by atoms with Gasteiger partial charge in [0.15, 0.2) is 0 Å². The standard InChI is InChI=1S/C17H25N3O4S.ClH/c1-24-16-8-7-13(25(22,23)20-12-5-6-12)10-15(16)19-17(21)9-11-3-2-4-14(11)18;/h7-8,10-12,14,20H,2-6,9,18H2,1H3,(H,19,21);1H/t11-,14+;/m0./s1. The molecule has 0 saturated heterocycles. The second kappa shape index (κ2) is 8.56. The van der Waals surface area contributed by atoms with Gasteiger partial charge in [0.25, 0.3) is 0 Å². The first-order valence-electron chi connectivity index (χ1n) is 8.65. The number of carbonyl (C=O) groups is 1. The van der Waals surface area contributed by atoms with Gasteiger partial charge in [0.1, 0.15) is 5.75 Å². The minimum absolute atomic E-state index is 0. The van der Waals surface area contributed by atoms with Gasteiger partial charge in [-0.3, -0.25) is 4.79 Å². The number of halogens is 1. The number of ether oxygens (including phenoxy) is 1. The molecule has 0 heterocycles. The summed E-state index contributed by atoms with van der Waals surface area (Å²) in [6, 6.07) is 4.55. The number of anilines is 1. The van der Waals surface area contributed by atoms with Crippen molar-refractivity contribution in [3.63, 3.8) is 0 Å². The number of benzene rings is 1. The number of nitrogens with one attached hydrogen (secondary N) is 2. The van der Waals surface area contributed by atoms with E-state index < -0.39 is 10.0 Å². The van der Waals surface area contributed by atoms with E-state index in [1.165, 1.54) is 19.2 Å². The normalized spacial score (nSPS) is 22.5. The Morgan fingerprint density at radius 2 is 2.00 bits per heavy atom. The van der Waals surface area contributed by atoms with Crippen LogP contribution in [-0.2, 0) is 14.8 Å². The highest BCUT2D eigenvalue weighted by Gasteiger charge is 2.29. The Morgan fingerprint density at radius 1 is 1.27 bits per heavy atom. The van der Waals surface area contributed by atoms with Crippen LogP contribution in [0.15, 0.2) is 23.1 Å². The van der Waals surface area contributed by atoms with Gasteiger partial charge in [0.2, 0.25) is 15.9 Å². The average molecular weight is 404 g/mol. The van der Waals surface area contributed by atoms with Crippen LogP contribution < -0.4 is 20.5 Å². The molecule has 0 radical (unpaired) electrons. The zero-order valence-electron chi connectivity index (χ0n) is 14.7. The monoisotopic (exact) mass is 403 g/mol. The summed E-state index contributed by atoms with van der Waals surface area (Å²) in [7, 11) is -2.11. The summed E-state index contributed by atoms with van der Waals surface area (Å²) in [4.78, 5) is 12.5. The van der Waals surface area contributed by atoms with E-state index in [-0.39, 0.29) is 41.2 Å². The number of nitrogens with two attached hydrogens (primary N) is 1. The van der Waals surface area contributed by atoms with Crippen LogP contribution in [0.5, 0.6) is 5.75 Å². The number of rotatable bonds is 7. The van der Waals surface area contributed by atoms with E-state index in [2.05, 4.69) is 10.0 Å². The summed E-state index contributed by atoms with van der Waals surface area (Å²) in [5, 5.41) is 2.78. The van der Waals surface area contributed by atoms with Gasteiger partial charge in [0.05, 0.1) is 17.7 Å². The first kappa shape index (κ1) is 21.0. The highest BCUT2D eigenvalue weighted by atomic mass is 35.5. The van der Waals surface area contributed by atoms with Crippen LogP contribution in [-0.4, -0.2) is 33.5 Å². The molecule has 2 aliphatic carbocycles. The second-order valence-corrected chi connectivity index (χ2v) is 8.58. The maximum absolute atomic E-state index is 12.4. The Balaban J connectivity index is 0.00000243. The van der Waals surface area contributed by atoms with Gasteiger partial charge in [-0.25, -0.2) is 13.1 Å². The number of hydrogen-bond donors (Lipinski definition) is 3. The summed E-state index contributed by atoms with van der Waals surface area (Å²) in [6.07, 6.45) is 5.00. The Hall–Kier alpha value is -1.35. The lowest BCUT2D eigenvalue weighted by Crippen LogP contribution is -2.28. The Labute approximate surface area is 160 Å². The Morgan fingerprint density at radius 3 is 2.58 bits per heavy atom. The zero-order chi connectivity index (χ0) is 18.0. The van der Waals surface area contributed by atoms with Crippen LogP contribution in [0.3, 0.4) is 0 Å². The van der Waals surface area contributed by atoms with Crippen molar-refractivity contribution in [1.29, 1.82) is 0 Å². The summed E-state index contributed by atoms with van der Waals surface area (Å²) in [5.74, 6) is 0.425. The van der Waals surface area contributed by atoms with E-state index in [4.69, 9.17) is 10.5 Å². The lowest BCUT2D eigenvalue weighted by Gasteiger charge is -2.16. The molecule has 0 aliphatic heterocycles. The van der Waals surface area contributed by atoms with E-state index in [1.807, 2.05) is 0 Å². The van der Waals surface area contributed by atoms with Crippen molar-refractivity contribution in [2.24, 2.45) is 11.7 Å². The van der Waals surface area contributed by atoms with E-state index in [0.29, 0.717) is 17.9 Å². The van der Waals surface area contributed by atoms with E-state index >= 15 is 0 Å². The minimum atomic E-state index is -3.59. The third-order valence-electron chi connectivity index (χ3n) is 4.82. The van der Waals surface area contributed by atoms with E-state index in [1.54, 1.807) is 6.07 Å². The molecule has 1 amide bonds. The fourth-order valence-electron chi connectivity index (χ4n) is 3.20. The van der Waals surface area contributed by atoms with Crippen molar-refractivity contribution in [1.82, 2.24) is 4.72 Å². The van der Waals surface area contributed by atoms with E-state index in [9.17, 15) is 13.2 Å². The molecule has 2 atom stereocenters. The molecule has 2 saturated carbocycles. The van der Waals surface area contributed by atoms with Crippen LogP contribution in [0.25, 0.3) is 0 Å². The van der Waals surface area contributed by atoms with Crippen molar-refractivity contribution in [3.05, 3.63) is 18.2 Å². The van der Waals surface area contributed by atoms with Crippen LogP contribution in [0.1, 0.15) is 38.5 Å². The van der Waals surface area contributed by atoms with Crippen LogP contribution in [0.4, 0.5) is 5.69 Å². The number of sulfonamides is 1.